The third-order valence-electron chi connectivity index (χ3n) is 4.08. The van der Waals surface area contributed by atoms with Gasteiger partial charge in [-0.3, -0.25) is 0 Å². The molecule has 1 aromatic rings. The molecule has 0 aliphatic heterocycles. The van der Waals surface area contributed by atoms with E-state index in [0.29, 0.717) is 5.41 Å². The number of rotatable bonds is 1. The van der Waals surface area contributed by atoms with Gasteiger partial charge in [0.15, 0.2) is 0 Å². The monoisotopic (exact) mass is 214 g/mol. The summed E-state index contributed by atoms with van der Waals surface area (Å²) in [6.45, 7) is 7.15. The van der Waals surface area contributed by atoms with Crippen molar-refractivity contribution < 1.29 is 0 Å². The minimum Gasteiger partial charge on any atom is -0.0585 e. The van der Waals surface area contributed by atoms with E-state index >= 15 is 0 Å². The van der Waals surface area contributed by atoms with Gasteiger partial charge in [-0.2, -0.15) is 0 Å². The van der Waals surface area contributed by atoms with Crippen LogP contribution in [0.25, 0.3) is 0 Å². The average Bonchev–Trinajstić information content (AvgIpc) is 2.93. The second kappa shape index (κ2) is 3.35. The van der Waals surface area contributed by atoms with Gasteiger partial charge < -0.3 is 0 Å². The van der Waals surface area contributed by atoms with Crippen LogP contribution in [-0.2, 0) is 18.3 Å². The smallest absolute Gasteiger partial charge is 0.0126 e. The van der Waals surface area contributed by atoms with Gasteiger partial charge in [0.2, 0.25) is 0 Å². The quantitative estimate of drug-likeness (QED) is 0.652. The molecule has 16 heavy (non-hydrogen) atoms. The Balaban J connectivity index is 2.19. The van der Waals surface area contributed by atoms with E-state index in [0.717, 1.165) is 5.92 Å². The molecule has 0 amide bonds. The maximum Gasteiger partial charge on any atom is -0.0126 e. The van der Waals surface area contributed by atoms with Crippen LogP contribution in [-0.4, -0.2) is 0 Å². The van der Waals surface area contributed by atoms with Gasteiger partial charge in [0.25, 0.3) is 0 Å². The van der Waals surface area contributed by atoms with E-state index in [2.05, 4.69) is 32.9 Å². The highest BCUT2D eigenvalue weighted by molar-refractivity contribution is 5.49. The van der Waals surface area contributed by atoms with E-state index in [9.17, 15) is 0 Å². The van der Waals surface area contributed by atoms with Gasteiger partial charge in [0.05, 0.1) is 0 Å². The molecule has 1 saturated carbocycles. The van der Waals surface area contributed by atoms with E-state index in [4.69, 9.17) is 0 Å². The van der Waals surface area contributed by atoms with Crippen LogP contribution in [0.3, 0.4) is 0 Å². The predicted molar refractivity (Wildman–Crippen MR) is 69.1 cm³/mol. The van der Waals surface area contributed by atoms with Crippen molar-refractivity contribution >= 4 is 0 Å². The topological polar surface area (TPSA) is 0 Å². The minimum atomic E-state index is 0.327. The molecule has 2 aliphatic carbocycles. The van der Waals surface area contributed by atoms with Gasteiger partial charge in [-0.05, 0) is 65.7 Å². The summed E-state index contributed by atoms with van der Waals surface area (Å²) in [5, 5.41) is 0. The standard InChI is InChI=1S/C16H22/c1-16(2,3)15-13-6-4-5-11(13)9-10-14(15)12-7-8-12/h9-10,12H,4-8H2,1-3H3. The highest BCUT2D eigenvalue weighted by Gasteiger charge is 2.32. The Morgan fingerprint density at radius 2 is 1.81 bits per heavy atom. The summed E-state index contributed by atoms with van der Waals surface area (Å²) in [5.74, 6) is 0.889. The number of aryl methyl sites for hydroxylation is 1. The van der Waals surface area contributed by atoms with Crippen LogP contribution in [0, 0.1) is 0 Å². The minimum absolute atomic E-state index is 0.327. The largest absolute Gasteiger partial charge is 0.0585 e. The molecule has 86 valence electrons. The van der Waals surface area contributed by atoms with Gasteiger partial charge in [0, 0.05) is 0 Å². The van der Waals surface area contributed by atoms with Gasteiger partial charge in [-0.25, -0.2) is 0 Å². The maximum atomic E-state index is 2.43. The predicted octanol–water partition coefficient (Wildman–Crippen LogP) is 4.35. The van der Waals surface area contributed by atoms with Gasteiger partial charge in [0.1, 0.15) is 0 Å². The zero-order valence-electron chi connectivity index (χ0n) is 10.8. The lowest BCUT2D eigenvalue weighted by Gasteiger charge is -2.26. The zero-order chi connectivity index (χ0) is 11.3. The summed E-state index contributed by atoms with van der Waals surface area (Å²) in [5.41, 5.74) is 7.04. The molecule has 0 aromatic heterocycles. The molecule has 3 rings (SSSR count). The molecule has 2 aliphatic rings. The fraction of sp³-hybridized carbons (Fsp3) is 0.625. The Hall–Kier alpha value is -0.780. The lowest BCUT2D eigenvalue weighted by molar-refractivity contribution is 0.576. The van der Waals surface area contributed by atoms with Gasteiger partial charge >= 0.3 is 0 Å². The van der Waals surface area contributed by atoms with Crippen LogP contribution in [0.15, 0.2) is 12.1 Å². The first kappa shape index (κ1) is 10.4. The van der Waals surface area contributed by atoms with Crippen molar-refractivity contribution in [2.24, 2.45) is 0 Å². The molecule has 1 fully saturated rings. The molecule has 0 saturated heterocycles. The summed E-state index contributed by atoms with van der Waals surface area (Å²) in [6, 6.07) is 4.84. The normalized spacial score (nSPS) is 19.9. The zero-order valence-corrected chi connectivity index (χ0v) is 10.8. The first-order valence-electron chi connectivity index (χ1n) is 6.72. The van der Waals surface area contributed by atoms with Crippen molar-refractivity contribution in [2.45, 2.75) is 64.2 Å². The van der Waals surface area contributed by atoms with E-state index < -0.39 is 0 Å². The third kappa shape index (κ3) is 1.59. The second-order valence-corrected chi connectivity index (χ2v) is 6.55. The molecule has 0 spiro atoms. The molecule has 0 bridgehead atoms. The highest BCUT2D eigenvalue weighted by atomic mass is 14.4. The average molecular weight is 214 g/mol. The van der Waals surface area contributed by atoms with Crippen molar-refractivity contribution in [1.82, 2.24) is 0 Å². The van der Waals surface area contributed by atoms with E-state index in [1.807, 2.05) is 0 Å². The van der Waals surface area contributed by atoms with Gasteiger partial charge in [-0.15, -0.1) is 0 Å². The Bertz CT molecular complexity index is 416. The highest BCUT2D eigenvalue weighted by Crippen LogP contribution is 2.47. The third-order valence-corrected chi connectivity index (χ3v) is 4.08. The fourth-order valence-electron chi connectivity index (χ4n) is 3.30. The number of benzene rings is 1. The number of hydrogen-bond acceptors (Lipinski definition) is 0. The van der Waals surface area contributed by atoms with Crippen LogP contribution >= 0.6 is 0 Å². The van der Waals surface area contributed by atoms with E-state index in [1.165, 1.54) is 32.1 Å². The first-order valence-corrected chi connectivity index (χ1v) is 6.72. The Morgan fingerprint density at radius 3 is 2.44 bits per heavy atom. The fourth-order valence-corrected chi connectivity index (χ4v) is 3.30. The van der Waals surface area contributed by atoms with Crippen molar-refractivity contribution in [2.75, 3.05) is 0 Å². The molecule has 0 unspecified atom stereocenters. The summed E-state index contributed by atoms with van der Waals surface area (Å²) in [4.78, 5) is 0. The molecular weight excluding hydrogens is 192 g/mol. The summed E-state index contributed by atoms with van der Waals surface area (Å²) in [7, 11) is 0. The maximum absolute atomic E-state index is 2.43. The first-order chi connectivity index (χ1) is 7.57. The SMILES string of the molecule is CC(C)(C)c1c(C2CC2)ccc2c1CCC2. The van der Waals surface area contributed by atoms with Crippen molar-refractivity contribution in [3.8, 4) is 0 Å². The van der Waals surface area contributed by atoms with Crippen LogP contribution < -0.4 is 0 Å². The molecule has 0 N–H and O–H groups in total. The van der Waals surface area contributed by atoms with Crippen LogP contribution in [0.2, 0.25) is 0 Å². The molecule has 0 heterocycles. The van der Waals surface area contributed by atoms with Gasteiger partial charge in [-0.1, -0.05) is 32.9 Å². The van der Waals surface area contributed by atoms with Crippen LogP contribution in [0.4, 0.5) is 0 Å². The lowest BCUT2D eigenvalue weighted by atomic mass is 9.78. The molecule has 0 heteroatoms. The Labute approximate surface area is 99.1 Å². The van der Waals surface area contributed by atoms with Crippen molar-refractivity contribution in [3.63, 3.8) is 0 Å². The number of fused-ring (bicyclic) bond motifs is 1. The second-order valence-electron chi connectivity index (χ2n) is 6.55. The molecule has 0 radical (unpaired) electrons. The molecule has 0 atom stereocenters. The van der Waals surface area contributed by atoms with E-state index in [1.54, 1.807) is 22.3 Å². The van der Waals surface area contributed by atoms with Crippen molar-refractivity contribution in [3.05, 3.63) is 34.4 Å². The summed E-state index contributed by atoms with van der Waals surface area (Å²) < 4.78 is 0. The Morgan fingerprint density at radius 1 is 1.06 bits per heavy atom. The summed E-state index contributed by atoms with van der Waals surface area (Å²) >= 11 is 0. The molecular formula is C16H22. The lowest BCUT2D eigenvalue weighted by Crippen LogP contribution is -2.17. The van der Waals surface area contributed by atoms with Crippen LogP contribution in [0.1, 0.15) is 68.2 Å². The molecule has 0 nitrogen and oxygen atoms in total. The van der Waals surface area contributed by atoms with E-state index in [-0.39, 0.29) is 0 Å². The summed E-state index contributed by atoms with van der Waals surface area (Å²) in [6.07, 6.45) is 6.84. The van der Waals surface area contributed by atoms with Crippen LogP contribution in [0.5, 0.6) is 0 Å². The number of hydrogen-bond donors (Lipinski definition) is 0. The van der Waals surface area contributed by atoms with Crippen molar-refractivity contribution in [1.29, 1.82) is 0 Å². The Kier molecular flexibility index (Phi) is 2.18. The molecule has 1 aromatic carbocycles.